The van der Waals surface area contributed by atoms with E-state index in [0.29, 0.717) is 25.4 Å². The lowest BCUT2D eigenvalue weighted by Gasteiger charge is -2.46. The fourth-order valence-corrected chi connectivity index (χ4v) is 3.44. The minimum atomic E-state index is -0.814. The van der Waals surface area contributed by atoms with Gasteiger partial charge in [-0.25, -0.2) is 0 Å². The lowest BCUT2D eigenvalue weighted by molar-refractivity contribution is -0.146. The first-order valence-corrected chi connectivity index (χ1v) is 6.79. The molecule has 1 aliphatic carbocycles. The molecule has 2 unspecified atom stereocenters. The van der Waals surface area contributed by atoms with Crippen molar-refractivity contribution in [2.75, 3.05) is 13.7 Å². The molecule has 0 aromatic rings. The number of hydrogen-bond acceptors (Lipinski definition) is 4. The molecule has 2 rings (SSSR count). The molecule has 1 aliphatic heterocycles. The van der Waals surface area contributed by atoms with Crippen molar-refractivity contribution in [3.8, 4) is 0 Å². The Morgan fingerprint density at radius 2 is 2.11 bits per heavy atom. The van der Waals surface area contributed by atoms with E-state index in [-0.39, 0.29) is 23.9 Å². The number of carbonyl (C=O) groups excluding carboxylic acids is 1. The van der Waals surface area contributed by atoms with Crippen LogP contribution in [0.25, 0.3) is 0 Å². The molecule has 0 radical (unpaired) electrons. The van der Waals surface area contributed by atoms with E-state index in [9.17, 15) is 4.79 Å². The summed E-state index contributed by atoms with van der Waals surface area (Å²) in [5.74, 6) is 0.409. The molecule has 1 amide bonds. The molecular formula is C13H23N3O3. The second-order valence-electron chi connectivity index (χ2n) is 5.93. The van der Waals surface area contributed by atoms with Crippen molar-refractivity contribution >= 4 is 11.7 Å². The smallest absolute Gasteiger partial charge is 0.236 e. The summed E-state index contributed by atoms with van der Waals surface area (Å²) in [5, 5.41) is 12.0. The zero-order valence-corrected chi connectivity index (χ0v) is 11.8. The van der Waals surface area contributed by atoms with Gasteiger partial charge in [0.05, 0.1) is 12.1 Å². The zero-order valence-electron chi connectivity index (χ0n) is 11.8. The second-order valence-corrected chi connectivity index (χ2v) is 5.93. The third-order valence-electron chi connectivity index (χ3n) is 4.56. The highest BCUT2D eigenvalue weighted by atomic mass is 16.5. The normalized spacial score (nSPS) is 38.9. The van der Waals surface area contributed by atoms with Crippen LogP contribution < -0.4 is 5.73 Å². The van der Waals surface area contributed by atoms with E-state index in [0.717, 1.165) is 6.42 Å². The number of likely N-dealkylation sites (N-methyl/N-ethyl adjacent to an activating group) is 1. The highest BCUT2D eigenvalue weighted by Gasteiger charge is 2.54. The maximum atomic E-state index is 12.7. The number of carbonyl (C=O) groups is 1. The Morgan fingerprint density at radius 1 is 1.47 bits per heavy atom. The summed E-state index contributed by atoms with van der Waals surface area (Å²) < 4.78 is 5.50. The summed E-state index contributed by atoms with van der Waals surface area (Å²) in [6.07, 6.45) is 2.17. The van der Waals surface area contributed by atoms with Crippen LogP contribution in [0.2, 0.25) is 0 Å². The van der Waals surface area contributed by atoms with Gasteiger partial charge in [-0.1, -0.05) is 12.1 Å². The number of oxime groups is 1. The minimum absolute atomic E-state index is 0.0361. The molecule has 3 N–H and O–H groups in total. The van der Waals surface area contributed by atoms with E-state index in [1.807, 2.05) is 6.92 Å². The van der Waals surface area contributed by atoms with Crippen molar-refractivity contribution in [2.24, 2.45) is 22.2 Å². The molecule has 0 bridgehead atoms. The van der Waals surface area contributed by atoms with Crippen molar-refractivity contribution in [1.82, 2.24) is 4.90 Å². The van der Waals surface area contributed by atoms with E-state index >= 15 is 0 Å². The van der Waals surface area contributed by atoms with Crippen LogP contribution in [0.3, 0.4) is 0 Å². The van der Waals surface area contributed by atoms with Gasteiger partial charge in [-0.3, -0.25) is 4.79 Å². The SMILES string of the molecule is CC1CC(C(=O)N(C)C2CCOC2C)(C(N)=NO)C1. The first kappa shape index (κ1) is 14.1. The molecule has 1 heterocycles. The van der Waals surface area contributed by atoms with E-state index in [1.165, 1.54) is 0 Å². The number of amides is 1. The van der Waals surface area contributed by atoms with Gasteiger partial charge in [0.25, 0.3) is 0 Å². The van der Waals surface area contributed by atoms with Gasteiger partial charge >= 0.3 is 0 Å². The molecule has 0 aromatic heterocycles. The summed E-state index contributed by atoms with van der Waals surface area (Å²) in [4.78, 5) is 14.4. The maximum absolute atomic E-state index is 12.7. The Bertz CT molecular complexity index is 391. The van der Waals surface area contributed by atoms with E-state index < -0.39 is 5.41 Å². The van der Waals surface area contributed by atoms with E-state index in [4.69, 9.17) is 15.7 Å². The lowest BCUT2D eigenvalue weighted by atomic mass is 9.61. The van der Waals surface area contributed by atoms with E-state index in [1.54, 1.807) is 11.9 Å². The molecule has 2 atom stereocenters. The van der Waals surface area contributed by atoms with Gasteiger partial charge in [-0.15, -0.1) is 0 Å². The monoisotopic (exact) mass is 269 g/mol. The second kappa shape index (κ2) is 5.00. The summed E-state index contributed by atoms with van der Waals surface area (Å²) in [6, 6.07) is 0.0757. The van der Waals surface area contributed by atoms with Crippen molar-refractivity contribution < 1.29 is 14.7 Å². The molecular weight excluding hydrogens is 246 g/mol. The van der Waals surface area contributed by atoms with Gasteiger partial charge in [0.1, 0.15) is 5.41 Å². The van der Waals surface area contributed by atoms with Gasteiger partial charge in [0.15, 0.2) is 5.84 Å². The Hall–Kier alpha value is -1.30. The molecule has 108 valence electrons. The van der Waals surface area contributed by atoms with Gasteiger partial charge in [0.2, 0.25) is 5.91 Å². The standard InChI is InChI=1S/C13H23N3O3/c1-8-6-13(7-8,11(14)15-18)12(17)16(3)10-4-5-19-9(10)2/h8-10,18H,4-7H2,1-3H3,(H2,14,15). The Labute approximate surface area is 113 Å². The number of hydrogen-bond donors (Lipinski definition) is 2. The highest BCUT2D eigenvalue weighted by Crippen LogP contribution is 2.47. The van der Waals surface area contributed by atoms with Crippen molar-refractivity contribution in [1.29, 1.82) is 0 Å². The van der Waals surface area contributed by atoms with Crippen LogP contribution in [0.4, 0.5) is 0 Å². The largest absolute Gasteiger partial charge is 0.409 e. The molecule has 0 aromatic carbocycles. The van der Waals surface area contributed by atoms with Crippen LogP contribution in [0.15, 0.2) is 5.16 Å². The predicted octanol–water partition coefficient (Wildman–Crippen LogP) is 0.785. The van der Waals surface area contributed by atoms with Crippen LogP contribution in [-0.2, 0) is 9.53 Å². The summed E-state index contributed by atoms with van der Waals surface area (Å²) in [7, 11) is 1.79. The average molecular weight is 269 g/mol. The molecule has 19 heavy (non-hydrogen) atoms. The summed E-state index contributed by atoms with van der Waals surface area (Å²) in [6.45, 7) is 4.72. The Morgan fingerprint density at radius 3 is 2.53 bits per heavy atom. The number of ether oxygens (including phenoxy) is 1. The number of nitrogens with zero attached hydrogens (tertiary/aromatic N) is 2. The first-order valence-electron chi connectivity index (χ1n) is 6.79. The quantitative estimate of drug-likeness (QED) is 0.343. The lowest BCUT2D eigenvalue weighted by Crippen LogP contribution is -2.59. The Balaban J connectivity index is 2.17. The predicted molar refractivity (Wildman–Crippen MR) is 70.8 cm³/mol. The first-order chi connectivity index (χ1) is 8.92. The van der Waals surface area contributed by atoms with Gasteiger partial charge < -0.3 is 20.6 Å². The maximum Gasteiger partial charge on any atom is 0.236 e. The van der Waals surface area contributed by atoms with Crippen LogP contribution in [0.1, 0.15) is 33.1 Å². The summed E-state index contributed by atoms with van der Waals surface area (Å²) in [5.41, 5.74) is 4.95. The molecule has 1 saturated heterocycles. The number of nitrogens with two attached hydrogens (primary N) is 1. The average Bonchev–Trinajstić information content (AvgIpc) is 2.78. The van der Waals surface area contributed by atoms with Crippen LogP contribution in [-0.4, -0.2) is 47.7 Å². The van der Waals surface area contributed by atoms with Crippen molar-refractivity contribution in [2.45, 2.75) is 45.3 Å². The van der Waals surface area contributed by atoms with Gasteiger partial charge in [0, 0.05) is 13.7 Å². The summed E-state index contributed by atoms with van der Waals surface area (Å²) >= 11 is 0. The fraction of sp³-hybridized carbons (Fsp3) is 0.846. The highest BCUT2D eigenvalue weighted by molar-refractivity contribution is 6.07. The number of amidine groups is 1. The third-order valence-corrected chi connectivity index (χ3v) is 4.56. The molecule has 1 saturated carbocycles. The fourth-order valence-electron chi connectivity index (χ4n) is 3.44. The number of rotatable bonds is 3. The molecule has 6 nitrogen and oxygen atoms in total. The molecule has 2 aliphatic rings. The molecule has 6 heteroatoms. The van der Waals surface area contributed by atoms with E-state index in [2.05, 4.69) is 12.1 Å². The third kappa shape index (κ3) is 2.18. The van der Waals surface area contributed by atoms with Crippen molar-refractivity contribution in [3.63, 3.8) is 0 Å². The van der Waals surface area contributed by atoms with Crippen LogP contribution in [0, 0.1) is 11.3 Å². The van der Waals surface area contributed by atoms with Crippen molar-refractivity contribution in [3.05, 3.63) is 0 Å². The van der Waals surface area contributed by atoms with Gasteiger partial charge in [-0.05, 0) is 32.1 Å². The zero-order chi connectivity index (χ0) is 14.2. The van der Waals surface area contributed by atoms with Gasteiger partial charge in [-0.2, -0.15) is 0 Å². The Kier molecular flexibility index (Phi) is 3.71. The molecule has 2 fully saturated rings. The topological polar surface area (TPSA) is 88.2 Å². The minimum Gasteiger partial charge on any atom is -0.409 e. The van der Waals surface area contributed by atoms with Crippen LogP contribution in [0.5, 0.6) is 0 Å². The van der Waals surface area contributed by atoms with Crippen LogP contribution >= 0.6 is 0 Å². The molecule has 0 spiro atoms.